The Bertz CT molecular complexity index is 1670. The number of amides is 2. The van der Waals surface area contributed by atoms with Gasteiger partial charge >= 0.3 is 6.03 Å². The van der Waals surface area contributed by atoms with Crippen molar-refractivity contribution in [1.82, 2.24) is 19.5 Å². The molecule has 3 heterocycles. The number of imidazole rings is 1. The Morgan fingerprint density at radius 3 is 2.67 bits per heavy atom. The van der Waals surface area contributed by atoms with Crippen LogP contribution in [0.4, 0.5) is 16.3 Å². The van der Waals surface area contributed by atoms with Crippen molar-refractivity contribution in [3.8, 4) is 18.1 Å². The van der Waals surface area contributed by atoms with E-state index in [0.29, 0.717) is 65.2 Å². The van der Waals surface area contributed by atoms with Crippen molar-refractivity contribution in [3.05, 3.63) is 71.2 Å². The number of carbonyl (C=O) groups excluding carboxylic acids is 1. The lowest BCUT2D eigenvalue weighted by Crippen LogP contribution is -2.47. The molecule has 2 aromatic carbocycles. The van der Waals surface area contributed by atoms with Crippen LogP contribution in [0.5, 0.6) is 0 Å². The lowest BCUT2D eigenvalue weighted by Gasteiger charge is -2.38. The second-order valence-electron chi connectivity index (χ2n) is 10.3. The van der Waals surface area contributed by atoms with E-state index in [4.69, 9.17) is 15.7 Å². The van der Waals surface area contributed by atoms with Gasteiger partial charge in [-0.05, 0) is 60.4 Å². The third-order valence-corrected chi connectivity index (χ3v) is 7.81. The number of anilines is 2. The maximum absolute atomic E-state index is 12.2. The summed E-state index contributed by atoms with van der Waals surface area (Å²) in [4.78, 5) is 28.4. The Balaban J connectivity index is 1.51. The zero-order valence-corrected chi connectivity index (χ0v) is 21.5. The summed E-state index contributed by atoms with van der Waals surface area (Å²) in [6.07, 6.45) is 4.27. The second-order valence-corrected chi connectivity index (χ2v) is 10.3. The summed E-state index contributed by atoms with van der Waals surface area (Å²) in [5, 5.41) is 21.6. The van der Waals surface area contributed by atoms with Crippen LogP contribution in [0.15, 0.2) is 48.8 Å². The van der Waals surface area contributed by atoms with Crippen LogP contribution in [0, 0.1) is 28.6 Å². The maximum Gasteiger partial charge on any atom is 0.316 e. The van der Waals surface area contributed by atoms with E-state index in [1.807, 2.05) is 4.90 Å². The van der Waals surface area contributed by atoms with Crippen LogP contribution in [0.3, 0.4) is 0 Å². The number of aromatic nitrogens is 4. The molecule has 1 fully saturated rings. The van der Waals surface area contributed by atoms with Gasteiger partial charge in [-0.25, -0.2) is 14.8 Å². The molecule has 2 atom stereocenters. The van der Waals surface area contributed by atoms with Crippen molar-refractivity contribution in [2.45, 2.75) is 38.0 Å². The molecular formula is C29H27N9O. The molecule has 2 aromatic heterocycles. The predicted octanol–water partition coefficient (Wildman–Crippen LogP) is 4.36. The van der Waals surface area contributed by atoms with E-state index in [1.165, 1.54) is 11.1 Å². The molecule has 0 radical (unpaired) electrons. The molecule has 3 N–H and O–H groups in total. The van der Waals surface area contributed by atoms with E-state index < -0.39 is 6.03 Å². The van der Waals surface area contributed by atoms with Crippen molar-refractivity contribution in [3.63, 3.8) is 0 Å². The highest BCUT2D eigenvalue weighted by Gasteiger charge is 2.33. The largest absolute Gasteiger partial charge is 0.352 e. The molecule has 0 spiro atoms. The fourth-order valence-corrected chi connectivity index (χ4v) is 5.73. The van der Waals surface area contributed by atoms with E-state index in [1.54, 1.807) is 29.1 Å². The summed E-state index contributed by atoms with van der Waals surface area (Å²) >= 11 is 0. The second kappa shape index (κ2) is 9.73. The summed E-state index contributed by atoms with van der Waals surface area (Å²) in [6.45, 7) is 3.24. The number of primary amides is 1. The minimum Gasteiger partial charge on any atom is -0.352 e. The van der Waals surface area contributed by atoms with Gasteiger partial charge in [0.1, 0.15) is 12.0 Å². The third kappa shape index (κ3) is 4.40. The van der Waals surface area contributed by atoms with Crippen LogP contribution in [0.2, 0.25) is 0 Å². The van der Waals surface area contributed by atoms with Crippen LogP contribution >= 0.6 is 0 Å². The Hall–Kier alpha value is -4.96. The number of fused-ring (bicyclic) bond motifs is 2. The van der Waals surface area contributed by atoms with Crippen LogP contribution in [0.1, 0.15) is 54.0 Å². The highest BCUT2D eigenvalue weighted by molar-refractivity contribution is 5.92. The molecule has 0 saturated carbocycles. The molecule has 2 aliphatic rings. The van der Waals surface area contributed by atoms with E-state index >= 15 is 0 Å². The molecule has 0 bridgehead atoms. The zero-order valence-electron chi connectivity index (χ0n) is 21.5. The quantitative estimate of drug-likeness (QED) is 0.399. The molecule has 10 nitrogen and oxygen atoms in total. The average molecular weight is 518 g/mol. The van der Waals surface area contributed by atoms with Gasteiger partial charge in [0.2, 0.25) is 5.95 Å². The van der Waals surface area contributed by atoms with E-state index in [2.05, 4.69) is 53.6 Å². The van der Waals surface area contributed by atoms with E-state index in [9.17, 15) is 15.3 Å². The molecule has 6 rings (SSSR count). The first-order valence-electron chi connectivity index (χ1n) is 13.0. The Kier molecular flexibility index (Phi) is 6.08. The Morgan fingerprint density at radius 2 is 1.92 bits per heavy atom. The van der Waals surface area contributed by atoms with Gasteiger partial charge in [0.15, 0.2) is 5.82 Å². The minimum absolute atomic E-state index is 0.118. The fraction of sp³-hybridized carbons (Fsp3) is 0.310. The standard InChI is InChI=1S/C29H27N9O/c1-17-6-8-20(22-5-3-2-4-21(17)22)11-24-26(35-28(32)39)27(37-14-19(13-31)15-37)36-29(34-24)38-16-33-23-9-7-18(12-30)10-25(23)38/h2-5,7,9-10,16-17,19-20H,6,8,11,14-15H2,1H3,(H3,32,35,39)/t17?,20-/m0/s1. The third-order valence-electron chi connectivity index (χ3n) is 7.81. The van der Waals surface area contributed by atoms with Gasteiger partial charge in [-0.15, -0.1) is 0 Å². The first kappa shape index (κ1) is 24.4. The number of nitriles is 2. The van der Waals surface area contributed by atoms with Gasteiger partial charge in [-0.1, -0.05) is 31.2 Å². The van der Waals surface area contributed by atoms with Gasteiger partial charge in [-0.3, -0.25) is 4.57 Å². The molecule has 1 aliphatic heterocycles. The van der Waals surface area contributed by atoms with Crippen molar-refractivity contribution >= 4 is 28.6 Å². The highest BCUT2D eigenvalue weighted by atomic mass is 16.2. The molecule has 1 saturated heterocycles. The summed E-state index contributed by atoms with van der Waals surface area (Å²) in [5.74, 6) is 1.47. The summed E-state index contributed by atoms with van der Waals surface area (Å²) in [6, 6.07) is 17.6. The van der Waals surface area contributed by atoms with Gasteiger partial charge in [0.25, 0.3) is 0 Å². The Labute approximate surface area is 225 Å². The molecule has 2 amide bonds. The van der Waals surface area contributed by atoms with Gasteiger partial charge in [0.05, 0.1) is 40.3 Å². The number of benzene rings is 2. The lowest BCUT2D eigenvalue weighted by atomic mass is 9.75. The summed E-state index contributed by atoms with van der Waals surface area (Å²) in [5.41, 5.74) is 11.3. The van der Waals surface area contributed by atoms with Crippen LogP contribution in [-0.4, -0.2) is 38.6 Å². The first-order chi connectivity index (χ1) is 18.9. The topological polar surface area (TPSA) is 150 Å². The first-order valence-corrected chi connectivity index (χ1v) is 13.0. The number of rotatable bonds is 5. The lowest BCUT2D eigenvalue weighted by molar-refractivity contribution is 0.259. The number of hydrogen-bond donors (Lipinski definition) is 2. The van der Waals surface area contributed by atoms with Crippen molar-refractivity contribution in [1.29, 1.82) is 10.5 Å². The summed E-state index contributed by atoms with van der Waals surface area (Å²) < 4.78 is 1.76. The van der Waals surface area contributed by atoms with Crippen LogP contribution in [0.25, 0.3) is 17.0 Å². The SMILES string of the molecule is CC1CC[C@@H](Cc2nc(-n3cnc4ccc(C#N)cc43)nc(N3CC(C#N)C3)c2NC(N)=O)c2ccccc21. The van der Waals surface area contributed by atoms with Gasteiger partial charge in [-0.2, -0.15) is 15.5 Å². The number of nitrogens with two attached hydrogens (primary N) is 1. The van der Waals surface area contributed by atoms with Crippen molar-refractivity contribution in [2.24, 2.45) is 11.7 Å². The van der Waals surface area contributed by atoms with Crippen molar-refractivity contribution < 1.29 is 4.79 Å². The van der Waals surface area contributed by atoms with E-state index in [-0.39, 0.29) is 11.8 Å². The predicted molar refractivity (Wildman–Crippen MR) is 146 cm³/mol. The highest BCUT2D eigenvalue weighted by Crippen LogP contribution is 2.42. The number of carbonyl (C=O) groups is 1. The number of urea groups is 1. The van der Waals surface area contributed by atoms with Crippen molar-refractivity contribution in [2.75, 3.05) is 23.3 Å². The minimum atomic E-state index is -0.699. The van der Waals surface area contributed by atoms with Crippen LogP contribution in [-0.2, 0) is 6.42 Å². The fourth-order valence-electron chi connectivity index (χ4n) is 5.73. The normalized spacial score (nSPS) is 18.6. The molecule has 1 unspecified atom stereocenters. The summed E-state index contributed by atoms with van der Waals surface area (Å²) in [7, 11) is 0. The molecular weight excluding hydrogens is 490 g/mol. The molecule has 4 aromatic rings. The van der Waals surface area contributed by atoms with Gasteiger partial charge < -0.3 is 16.0 Å². The molecule has 10 heteroatoms. The molecule has 1 aliphatic carbocycles. The average Bonchev–Trinajstić information content (AvgIpc) is 3.34. The monoisotopic (exact) mass is 517 g/mol. The van der Waals surface area contributed by atoms with E-state index in [0.717, 1.165) is 12.8 Å². The number of nitrogens with one attached hydrogen (secondary N) is 1. The van der Waals surface area contributed by atoms with Gasteiger partial charge in [0, 0.05) is 13.1 Å². The molecule has 39 heavy (non-hydrogen) atoms. The zero-order chi connectivity index (χ0) is 27.1. The smallest absolute Gasteiger partial charge is 0.316 e. The van der Waals surface area contributed by atoms with Crippen LogP contribution < -0.4 is 16.0 Å². The molecule has 194 valence electrons. The Morgan fingerprint density at radius 1 is 1.13 bits per heavy atom. The number of hydrogen-bond acceptors (Lipinski definition) is 7. The number of nitrogens with zero attached hydrogens (tertiary/aromatic N) is 7. The maximum atomic E-state index is 12.2.